The molecule has 0 aromatic carbocycles. The number of halogens is 1. The van der Waals surface area contributed by atoms with Crippen LogP contribution in [0.15, 0.2) is 105 Å². The number of imidazole rings is 2. The summed E-state index contributed by atoms with van der Waals surface area (Å²) >= 11 is 0. The summed E-state index contributed by atoms with van der Waals surface area (Å²) in [5.41, 5.74) is 9.85. The third-order valence-corrected chi connectivity index (χ3v) is 17.2. The Morgan fingerprint density at radius 1 is 0.575 bits per heavy atom. The fourth-order valence-electron chi connectivity index (χ4n) is 12.6. The van der Waals surface area contributed by atoms with Crippen LogP contribution in [-0.4, -0.2) is 161 Å². The summed E-state index contributed by atoms with van der Waals surface area (Å²) in [7, 11) is 0. The van der Waals surface area contributed by atoms with Crippen LogP contribution in [0.3, 0.4) is 0 Å². The SMILES string of the molecule is C#C[C@]1(CO)C(=C)[C@@H](n2cnc3c(C)ncnc32)[C@@H]1CO.C=C1[C@@H](n2cc(F)c3c(C)ncnc32)[C@H](CO)[C@H]1CO.C=C1[C@@H](n2ccc3c(C)ncnc32)[C@H](CO)[C@H]1CO.C=C1[C@@H](n2cnc3c(C)ncnc32)[C@H](C(C)O)[C@H]1CO. The van der Waals surface area contributed by atoms with Gasteiger partial charge in [0.25, 0.3) is 0 Å². The van der Waals surface area contributed by atoms with E-state index in [2.05, 4.69) is 82.1 Å². The Hall–Kier alpha value is -7.53. The van der Waals surface area contributed by atoms with Gasteiger partial charge in [-0.2, -0.15) is 0 Å². The number of terminal acetylenes is 1. The van der Waals surface area contributed by atoms with Crippen LogP contribution in [0.2, 0.25) is 0 Å². The second kappa shape index (κ2) is 22.9. The topological polar surface area (TPSA) is 310 Å². The van der Waals surface area contributed by atoms with Crippen molar-refractivity contribution in [2.24, 2.45) is 46.8 Å². The van der Waals surface area contributed by atoms with Crippen LogP contribution >= 0.6 is 0 Å². The molecule has 8 heterocycles. The third-order valence-electron chi connectivity index (χ3n) is 17.2. The first-order chi connectivity index (χ1) is 38.4. The van der Waals surface area contributed by atoms with Crippen molar-refractivity contribution in [3.63, 3.8) is 0 Å². The van der Waals surface area contributed by atoms with E-state index in [1.807, 2.05) is 46.7 Å². The Balaban J connectivity index is 0.000000129. The van der Waals surface area contributed by atoms with E-state index in [1.165, 1.54) is 25.2 Å². The van der Waals surface area contributed by atoms with Crippen molar-refractivity contribution in [3.05, 3.63) is 134 Å². The first kappa shape index (κ1) is 57.2. The van der Waals surface area contributed by atoms with Gasteiger partial charge in [0.05, 0.1) is 110 Å². The lowest BCUT2D eigenvalue weighted by molar-refractivity contribution is 0.00234. The first-order valence-electron chi connectivity index (χ1n) is 26.2. The van der Waals surface area contributed by atoms with E-state index in [4.69, 9.17) is 6.42 Å². The zero-order valence-corrected chi connectivity index (χ0v) is 45.2. The van der Waals surface area contributed by atoms with E-state index in [-0.39, 0.29) is 118 Å². The van der Waals surface area contributed by atoms with Crippen LogP contribution in [0.4, 0.5) is 4.39 Å². The lowest BCUT2D eigenvalue weighted by Gasteiger charge is -2.53. The predicted molar refractivity (Wildman–Crippen MR) is 294 cm³/mol. The van der Waals surface area contributed by atoms with E-state index in [0.717, 1.165) is 56.0 Å². The van der Waals surface area contributed by atoms with Gasteiger partial charge in [-0.15, -0.1) is 6.42 Å². The van der Waals surface area contributed by atoms with Gasteiger partial charge in [0, 0.05) is 72.4 Å². The predicted octanol–water partition coefficient (Wildman–Crippen LogP) is 3.59. The van der Waals surface area contributed by atoms with Gasteiger partial charge in [-0.3, -0.25) is 0 Å². The Morgan fingerprint density at radius 3 is 1.54 bits per heavy atom. The number of aliphatic hydroxyl groups is 8. The number of aryl methyl sites for hydroxylation is 4. The van der Waals surface area contributed by atoms with Gasteiger partial charge >= 0.3 is 0 Å². The zero-order chi connectivity index (χ0) is 57.6. The number of hydrogen-bond acceptors (Lipinski definition) is 18. The molecule has 0 aliphatic heterocycles. The fourth-order valence-corrected chi connectivity index (χ4v) is 12.6. The molecule has 8 aromatic heterocycles. The summed E-state index contributed by atoms with van der Waals surface area (Å²) < 4.78 is 21.6. The molecular weight excluding hydrogens is 1030 g/mol. The van der Waals surface area contributed by atoms with Gasteiger partial charge in [0.15, 0.2) is 17.1 Å². The standard InChI is InChI=1S/C15H16N4O2.C14H16FN3O2.C14H18N4O2.C14H17N3O2/c1-4-15(6-21)9(2)13(11(15)5-20)19-8-18-12-10(3)16-7-17-14(12)19;1-7-9(4-19)10(5-20)13(7)18-3-11(15)12-8(2)16-6-17-14(12)18;1-7-10(4-19)11(9(3)20)13(7)18-6-17-12-8(2)15-5-16-14(12)18;1-8-11(5-18)12(6-19)13(8)17-4-3-10-9(2)15-7-16-14(10)17/h1,7-8,11,13,20-21H,2,5-6H2,3H3;3,6,9-10,13,19-20H,1,4-5H2,2H3;5-6,9-11,13,19-20H,1,4H2,2-3H3;3-4,7,11-13,18-19H,1,5-6H2,2H3/t11-,13+,15-;9-,10+,13+;9?,10-,11+,13+;11-,12+,13+/m0000/s1. The molecule has 13 atom stereocenters. The molecule has 8 aromatic rings. The largest absolute Gasteiger partial charge is 0.396 e. The molecule has 1 unspecified atom stereocenters. The van der Waals surface area contributed by atoms with Crippen molar-refractivity contribution < 1.29 is 45.2 Å². The molecule has 0 bridgehead atoms. The van der Waals surface area contributed by atoms with Gasteiger partial charge in [0.2, 0.25) is 0 Å². The van der Waals surface area contributed by atoms with Crippen molar-refractivity contribution in [1.29, 1.82) is 0 Å². The van der Waals surface area contributed by atoms with Crippen molar-refractivity contribution >= 4 is 44.4 Å². The molecule has 80 heavy (non-hydrogen) atoms. The molecule has 0 amide bonds. The Kier molecular flexibility index (Phi) is 16.4. The second-order valence-corrected chi connectivity index (χ2v) is 21.0. The van der Waals surface area contributed by atoms with Gasteiger partial charge in [0.1, 0.15) is 47.6 Å². The van der Waals surface area contributed by atoms with Crippen LogP contribution in [-0.2, 0) is 0 Å². The normalized spacial score (nSPS) is 27.2. The Labute approximate surface area is 460 Å². The highest BCUT2D eigenvalue weighted by atomic mass is 19.1. The van der Waals surface area contributed by atoms with Crippen molar-refractivity contribution in [1.82, 2.24) is 68.1 Å². The summed E-state index contributed by atoms with van der Waals surface area (Å²) in [4.78, 5) is 42.1. The second-order valence-electron chi connectivity index (χ2n) is 21.0. The van der Waals surface area contributed by atoms with Crippen molar-refractivity contribution in [2.75, 3.05) is 46.2 Å². The molecule has 12 rings (SSSR count). The number of fused-ring (bicyclic) bond motifs is 4. The maximum Gasteiger partial charge on any atom is 0.164 e. The molecule has 4 aliphatic carbocycles. The summed E-state index contributed by atoms with van der Waals surface area (Å²) in [6, 6.07) is 1.45. The average Bonchev–Trinajstić information content (AvgIpc) is 4.39. The van der Waals surface area contributed by atoms with Gasteiger partial charge in [-0.25, -0.2) is 54.2 Å². The molecule has 0 saturated heterocycles. The maximum absolute atomic E-state index is 14.1. The molecule has 420 valence electrons. The summed E-state index contributed by atoms with van der Waals surface area (Å²) in [6.45, 7) is 24.8. The van der Waals surface area contributed by atoms with Crippen molar-refractivity contribution in [2.45, 2.75) is 64.9 Å². The van der Waals surface area contributed by atoms with Crippen LogP contribution in [0.5, 0.6) is 0 Å². The molecular formula is C57H67FN14O8. The lowest BCUT2D eigenvalue weighted by atomic mass is 9.54. The van der Waals surface area contributed by atoms with Crippen molar-refractivity contribution in [3.8, 4) is 12.3 Å². The average molecular weight is 1100 g/mol. The fraction of sp³-hybridized carbons (Fsp3) is 0.439. The lowest BCUT2D eigenvalue weighted by Crippen LogP contribution is -2.54. The highest BCUT2D eigenvalue weighted by molar-refractivity contribution is 5.80. The van der Waals surface area contributed by atoms with Gasteiger partial charge in [-0.1, -0.05) is 32.2 Å². The van der Waals surface area contributed by atoms with E-state index < -0.39 is 11.5 Å². The summed E-state index contributed by atoms with van der Waals surface area (Å²) in [5.74, 6) is 1.43. The van der Waals surface area contributed by atoms with Crippen LogP contribution in [0.25, 0.3) is 44.4 Å². The summed E-state index contributed by atoms with van der Waals surface area (Å²) in [5, 5.41) is 77.7. The Morgan fingerprint density at radius 2 is 1.05 bits per heavy atom. The minimum Gasteiger partial charge on any atom is -0.396 e. The Bertz CT molecular complexity index is 3690. The van der Waals surface area contributed by atoms with Gasteiger partial charge < -0.3 is 59.1 Å². The number of rotatable bonds is 12. The molecule has 4 fully saturated rings. The number of aromatic nitrogens is 14. The number of hydrogen-bond donors (Lipinski definition) is 8. The molecule has 0 radical (unpaired) electrons. The molecule has 22 nitrogen and oxygen atoms in total. The highest BCUT2D eigenvalue weighted by Gasteiger charge is 2.57. The minimum atomic E-state index is -0.877. The van der Waals surface area contributed by atoms with E-state index in [0.29, 0.717) is 33.5 Å². The van der Waals surface area contributed by atoms with Gasteiger partial charge in [-0.05, 0) is 63.0 Å². The number of aliphatic hydroxyl groups excluding tert-OH is 8. The molecule has 23 heteroatoms. The highest BCUT2D eigenvalue weighted by Crippen LogP contribution is 2.57. The summed E-state index contributed by atoms with van der Waals surface area (Å²) in [6.07, 6.45) is 17.7. The van der Waals surface area contributed by atoms with Crippen LogP contribution < -0.4 is 0 Å². The van der Waals surface area contributed by atoms with E-state index >= 15 is 0 Å². The first-order valence-corrected chi connectivity index (χ1v) is 26.2. The van der Waals surface area contributed by atoms with Crippen LogP contribution in [0.1, 0.15) is 53.9 Å². The molecule has 4 saturated carbocycles. The zero-order valence-electron chi connectivity index (χ0n) is 45.2. The smallest absolute Gasteiger partial charge is 0.164 e. The van der Waals surface area contributed by atoms with E-state index in [9.17, 15) is 45.2 Å². The monoisotopic (exact) mass is 1090 g/mol. The van der Waals surface area contributed by atoms with E-state index in [1.54, 1.807) is 37.4 Å². The minimum absolute atomic E-state index is 0.00312. The van der Waals surface area contributed by atoms with Crippen LogP contribution in [0, 0.1) is 92.7 Å². The number of nitrogens with zero attached hydrogens (tertiary/aromatic N) is 14. The maximum atomic E-state index is 14.1. The molecule has 4 aliphatic rings. The quantitative estimate of drug-likeness (QED) is 0.0640. The molecule has 0 spiro atoms. The third kappa shape index (κ3) is 9.09. The molecule has 8 N–H and O–H groups in total.